The van der Waals surface area contributed by atoms with Gasteiger partial charge in [0.05, 0.1) is 0 Å². The Kier molecular flexibility index (Phi) is 4.66. The van der Waals surface area contributed by atoms with E-state index in [0.29, 0.717) is 5.56 Å². The SMILES string of the molecule is O=C(Cn1ccc2cc(Br)ccc21)N[C@H](C(=O)O)c1ccccc1. The molecule has 1 heterocycles. The van der Waals surface area contributed by atoms with Crippen LogP contribution in [0.1, 0.15) is 11.6 Å². The summed E-state index contributed by atoms with van der Waals surface area (Å²) in [4.78, 5) is 23.8. The quantitative estimate of drug-likeness (QED) is 0.706. The second-order valence-electron chi connectivity index (χ2n) is 5.40. The number of rotatable bonds is 5. The molecule has 3 rings (SSSR count). The Bertz CT molecular complexity index is 890. The summed E-state index contributed by atoms with van der Waals surface area (Å²) in [6.07, 6.45) is 1.81. The van der Waals surface area contributed by atoms with Crippen molar-refractivity contribution in [2.75, 3.05) is 0 Å². The van der Waals surface area contributed by atoms with Gasteiger partial charge in [-0.3, -0.25) is 4.79 Å². The van der Waals surface area contributed by atoms with Gasteiger partial charge in [0.1, 0.15) is 6.54 Å². The average Bonchev–Trinajstić information content (AvgIpc) is 2.95. The van der Waals surface area contributed by atoms with Crippen LogP contribution >= 0.6 is 15.9 Å². The maximum atomic E-state index is 12.3. The Morgan fingerprint density at radius 2 is 1.88 bits per heavy atom. The maximum Gasteiger partial charge on any atom is 0.330 e. The second-order valence-corrected chi connectivity index (χ2v) is 6.31. The van der Waals surface area contributed by atoms with Crippen LogP contribution in [0.4, 0.5) is 0 Å². The molecule has 0 saturated carbocycles. The fourth-order valence-corrected chi connectivity index (χ4v) is 2.98. The van der Waals surface area contributed by atoms with Gasteiger partial charge in [-0.25, -0.2) is 4.79 Å². The summed E-state index contributed by atoms with van der Waals surface area (Å²) in [6.45, 7) is 0.0573. The highest BCUT2D eigenvalue weighted by atomic mass is 79.9. The Balaban J connectivity index is 1.77. The minimum absolute atomic E-state index is 0.0573. The zero-order valence-electron chi connectivity index (χ0n) is 12.6. The van der Waals surface area contributed by atoms with Gasteiger partial charge in [0.25, 0.3) is 0 Å². The summed E-state index contributed by atoms with van der Waals surface area (Å²) >= 11 is 3.41. The highest BCUT2D eigenvalue weighted by molar-refractivity contribution is 9.10. The van der Waals surface area contributed by atoms with Crippen molar-refractivity contribution in [2.24, 2.45) is 0 Å². The van der Waals surface area contributed by atoms with Gasteiger partial charge in [0.2, 0.25) is 5.91 Å². The maximum absolute atomic E-state index is 12.3. The monoisotopic (exact) mass is 386 g/mol. The van der Waals surface area contributed by atoms with E-state index < -0.39 is 12.0 Å². The smallest absolute Gasteiger partial charge is 0.330 e. The Hall–Kier alpha value is -2.60. The molecule has 3 aromatic rings. The predicted octanol–water partition coefficient (Wildman–Crippen LogP) is 3.35. The summed E-state index contributed by atoms with van der Waals surface area (Å²) in [7, 11) is 0. The van der Waals surface area contributed by atoms with E-state index in [9.17, 15) is 14.7 Å². The van der Waals surface area contributed by atoms with E-state index in [0.717, 1.165) is 15.4 Å². The molecule has 1 aromatic heterocycles. The van der Waals surface area contributed by atoms with Crippen molar-refractivity contribution in [2.45, 2.75) is 12.6 Å². The molecule has 1 atom stereocenters. The lowest BCUT2D eigenvalue weighted by molar-refractivity contribution is -0.142. The number of benzene rings is 2. The van der Waals surface area contributed by atoms with Crippen molar-refractivity contribution in [1.29, 1.82) is 0 Å². The molecule has 0 bridgehead atoms. The lowest BCUT2D eigenvalue weighted by atomic mass is 10.1. The van der Waals surface area contributed by atoms with Gasteiger partial charge in [-0.2, -0.15) is 0 Å². The number of carbonyl (C=O) groups is 2. The number of hydrogen-bond donors (Lipinski definition) is 2. The van der Waals surface area contributed by atoms with Crippen LogP contribution in [0.25, 0.3) is 10.9 Å². The van der Waals surface area contributed by atoms with Crippen LogP contribution in [-0.4, -0.2) is 21.6 Å². The third kappa shape index (κ3) is 3.49. The second kappa shape index (κ2) is 6.88. The van der Waals surface area contributed by atoms with Crippen molar-refractivity contribution in [3.8, 4) is 0 Å². The number of halogens is 1. The van der Waals surface area contributed by atoms with Crippen molar-refractivity contribution >= 4 is 38.7 Å². The van der Waals surface area contributed by atoms with Gasteiger partial charge < -0.3 is 15.0 Å². The normalized spacial score (nSPS) is 12.0. The molecular weight excluding hydrogens is 372 g/mol. The van der Waals surface area contributed by atoms with Crippen molar-refractivity contribution in [1.82, 2.24) is 9.88 Å². The largest absolute Gasteiger partial charge is 0.479 e. The van der Waals surface area contributed by atoms with Gasteiger partial charge in [-0.15, -0.1) is 0 Å². The zero-order chi connectivity index (χ0) is 17.1. The van der Waals surface area contributed by atoms with E-state index in [-0.39, 0.29) is 12.5 Å². The number of nitrogens with one attached hydrogen (secondary N) is 1. The highest BCUT2D eigenvalue weighted by Gasteiger charge is 2.22. The first-order valence-corrected chi connectivity index (χ1v) is 8.15. The van der Waals surface area contributed by atoms with Gasteiger partial charge >= 0.3 is 5.97 Å². The fourth-order valence-electron chi connectivity index (χ4n) is 2.60. The topological polar surface area (TPSA) is 71.3 Å². The molecule has 0 aliphatic rings. The molecule has 24 heavy (non-hydrogen) atoms. The standard InChI is InChI=1S/C18H15BrN2O3/c19-14-6-7-15-13(10-14)8-9-21(15)11-16(22)20-17(18(23)24)12-4-2-1-3-5-12/h1-10,17H,11H2,(H,20,22)(H,23,24)/t17-/m0/s1. The Labute approximate surface area is 147 Å². The molecule has 5 nitrogen and oxygen atoms in total. The minimum Gasteiger partial charge on any atom is -0.479 e. The first kappa shape index (κ1) is 16.3. The summed E-state index contributed by atoms with van der Waals surface area (Å²) in [5.41, 5.74) is 1.46. The zero-order valence-corrected chi connectivity index (χ0v) is 14.2. The van der Waals surface area contributed by atoms with E-state index in [1.165, 1.54) is 0 Å². The first-order valence-electron chi connectivity index (χ1n) is 7.36. The number of hydrogen-bond acceptors (Lipinski definition) is 2. The minimum atomic E-state index is -1.09. The van der Waals surface area contributed by atoms with E-state index >= 15 is 0 Å². The molecule has 2 N–H and O–H groups in total. The molecule has 6 heteroatoms. The van der Waals surface area contributed by atoms with Gasteiger partial charge in [-0.1, -0.05) is 46.3 Å². The molecule has 0 radical (unpaired) electrons. The van der Waals surface area contributed by atoms with Crippen LogP contribution in [-0.2, 0) is 16.1 Å². The summed E-state index contributed by atoms with van der Waals surface area (Å²) in [5.74, 6) is -1.44. The number of carboxylic acid groups (broad SMARTS) is 1. The molecular formula is C18H15BrN2O3. The number of amides is 1. The van der Waals surface area contributed by atoms with Crippen molar-refractivity contribution in [3.05, 3.63) is 70.8 Å². The van der Waals surface area contributed by atoms with Crippen LogP contribution in [0.2, 0.25) is 0 Å². The number of aromatic nitrogens is 1. The molecule has 1 amide bonds. The number of carboxylic acids is 1. The number of carbonyl (C=O) groups excluding carboxylic acids is 1. The molecule has 0 aliphatic carbocycles. The average molecular weight is 387 g/mol. The van der Waals surface area contributed by atoms with Crippen molar-refractivity contribution in [3.63, 3.8) is 0 Å². The number of aliphatic carboxylic acids is 1. The van der Waals surface area contributed by atoms with Crippen molar-refractivity contribution < 1.29 is 14.7 Å². The van der Waals surface area contributed by atoms with E-state index in [2.05, 4.69) is 21.2 Å². The van der Waals surface area contributed by atoms with Crippen LogP contribution in [0.3, 0.4) is 0 Å². The molecule has 0 unspecified atom stereocenters. The number of fused-ring (bicyclic) bond motifs is 1. The molecule has 122 valence electrons. The predicted molar refractivity (Wildman–Crippen MR) is 94.6 cm³/mol. The molecule has 0 saturated heterocycles. The first-order chi connectivity index (χ1) is 11.5. The van der Waals surface area contributed by atoms with Crippen LogP contribution in [0.15, 0.2) is 65.3 Å². The molecule has 0 aliphatic heterocycles. The van der Waals surface area contributed by atoms with Crippen LogP contribution in [0, 0.1) is 0 Å². The lowest BCUT2D eigenvalue weighted by Crippen LogP contribution is -2.35. The molecule has 2 aromatic carbocycles. The third-order valence-corrected chi connectivity index (χ3v) is 4.23. The van der Waals surface area contributed by atoms with E-state index in [1.807, 2.05) is 30.5 Å². The Morgan fingerprint density at radius 1 is 1.12 bits per heavy atom. The van der Waals surface area contributed by atoms with Gasteiger partial charge in [0.15, 0.2) is 6.04 Å². The fraction of sp³-hybridized carbons (Fsp3) is 0.111. The molecule has 0 spiro atoms. The van der Waals surface area contributed by atoms with E-state index in [4.69, 9.17) is 0 Å². The molecule has 0 fully saturated rings. The van der Waals surface area contributed by atoms with Crippen LogP contribution in [0.5, 0.6) is 0 Å². The highest BCUT2D eigenvalue weighted by Crippen LogP contribution is 2.21. The lowest BCUT2D eigenvalue weighted by Gasteiger charge is -2.15. The van der Waals surface area contributed by atoms with Gasteiger partial charge in [0, 0.05) is 21.6 Å². The van der Waals surface area contributed by atoms with Crippen LogP contribution < -0.4 is 5.32 Å². The number of nitrogens with zero attached hydrogens (tertiary/aromatic N) is 1. The van der Waals surface area contributed by atoms with Gasteiger partial charge in [-0.05, 0) is 29.8 Å². The summed E-state index contributed by atoms with van der Waals surface area (Å²) in [6, 6.07) is 15.3. The third-order valence-electron chi connectivity index (χ3n) is 3.73. The Morgan fingerprint density at radius 3 is 2.58 bits per heavy atom. The summed E-state index contributed by atoms with van der Waals surface area (Å²) < 4.78 is 2.76. The summed E-state index contributed by atoms with van der Waals surface area (Å²) in [5, 5.41) is 13.0. The van der Waals surface area contributed by atoms with E-state index in [1.54, 1.807) is 34.9 Å².